The van der Waals surface area contributed by atoms with Crippen LogP contribution >= 0.6 is 0 Å². The van der Waals surface area contributed by atoms with Crippen LogP contribution in [0.1, 0.15) is 29.9 Å². The minimum absolute atomic E-state index is 0.204. The normalized spacial score (nSPS) is 13.1. The molecule has 2 rings (SSSR count). The zero-order valence-corrected chi connectivity index (χ0v) is 13.4. The highest BCUT2D eigenvalue weighted by Gasteiger charge is 2.22. The summed E-state index contributed by atoms with van der Waals surface area (Å²) in [5.74, 6) is 0. The molecule has 1 heterocycles. The van der Waals surface area contributed by atoms with Crippen LogP contribution in [0, 0.1) is 13.8 Å². The third kappa shape index (κ3) is 3.25. The Balaban J connectivity index is 2.25. The fraction of sp³-hybridized carbons (Fsp3) is 0.357. The van der Waals surface area contributed by atoms with E-state index in [0.717, 1.165) is 5.56 Å². The highest BCUT2D eigenvalue weighted by atomic mass is 32.2. The van der Waals surface area contributed by atoms with Gasteiger partial charge in [-0.3, -0.25) is 9.82 Å². The molecule has 114 valence electrons. The van der Waals surface area contributed by atoms with Gasteiger partial charge in [-0.15, -0.1) is 0 Å². The molecule has 0 spiro atoms. The molecule has 0 saturated carbocycles. The van der Waals surface area contributed by atoms with Crippen LogP contribution in [0.3, 0.4) is 0 Å². The van der Waals surface area contributed by atoms with Gasteiger partial charge >= 0.3 is 0 Å². The maximum Gasteiger partial charge on any atom is 0.265 e. The number of hydrogen-bond acceptors (Lipinski definition) is 4. The lowest BCUT2D eigenvalue weighted by molar-refractivity contribution is 0.600. The summed E-state index contributed by atoms with van der Waals surface area (Å²) >= 11 is 0. The van der Waals surface area contributed by atoms with E-state index in [0.29, 0.717) is 17.1 Å². The van der Waals surface area contributed by atoms with Crippen molar-refractivity contribution in [3.8, 4) is 0 Å². The summed E-state index contributed by atoms with van der Waals surface area (Å²) in [5.41, 5.74) is 2.61. The van der Waals surface area contributed by atoms with Gasteiger partial charge in [-0.1, -0.05) is 12.1 Å². The van der Waals surface area contributed by atoms with Crippen molar-refractivity contribution in [1.82, 2.24) is 15.5 Å². The van der Waals surface area contributed by atoms with Gasteiger partial charge in [0.2, 0.25) is 0 Å². The topological polar surface area (TPSA) is 86.9 Å². The molecule has 1 atom stereocenters. The van der Waals surface area contributed by atoms with E-state index >= 15 is 0 Å². The Labute approximate surface area is 125 Å². The maximum absolute atomic E-state index is 12.4. The van der Waals surface area contributed by atoms with Crippen LogP contribution in [0.5, 0.6) is 0 Å². The zero-order valence-electron chi connectivity index (χ0n) is 12.6. The first-order valence-electron chi connectivity index (χ1n) is 6.66. The molecule has 0 bridgehead atoms. The molecule has 0 aliphatic heterocycles. The monoisotopic (exact) mass is 308 g/mol. The zero-order chi connectivity index (χ0) is 15.6. The van der Waals surface area contributed by atoms with Crippen molar-refractivity contribution in [2.75, 3.05) is 11.8 Å². The van der Waals surface area contributed by atoms with Crippen LogP contribution < -0.4 is 10.0 Å². The van der Waals surface area contributed by atoms with E-state index in [1.807, 2.05) is 26.1 Å². The molecule has 2 aromatic rings. The molecule has 0 amide bonds. The number of rotatable bonds is 5. The van der Waals surface area contributed by atoms with E-state index in [1.54, 1.807) is 26.0 Å². The lowest BCUT2D eigenvalue weighted by Gasteiger charge is -2.12. The number of benzene rings is 1. The van der Waals surface area contributed by atoms with Gasteiger partial charge in [0.1, 0.15) is 4.90 Å². The van der Waals surface area contributed by atoms with E-state index < -0.39 is 10.0 Å². The van der Waals surface area contributed by atoms with Crippen molar-refractivity contribution in [2.45, 2.75) is 31.7 Å². The third-order valence-corrected chi connectivity index (χ3v) is 5.07. The van der Waals surface area contributed by atoms with E-state index in [-0.39, 0.29) is 10.9 Å². The second-order valence-corrected chi connectivity index (χ2v) is 6.62. The lowest BCUT2D eigenvalue weighted by atomic mass is 10.1. The van der Waals surface area contributed by atoms with Crippen LogP contribution in [0.15, 0.2) is 29.2 Å². The molecule has 0 saturated heterocycles. The predicted molar refractivity (Wildman–Crippen MR) is 82.8 cm³/mol. The molecule has 1 aromatic heterocycles. The maximum atomic E-state index is 12.4. The number of aryl methyl sites for hydroxylation is 2. The Morgan fingerprint density at radius 1 is 1.19 bits per heavy atom. The summed E-state index contributed by atoms with van der Waals surface area (Å²) in [6.45, 7) is 5.39. The summed E-state index contributed by atoms with van der Waals surface area (Å²) in [4.78, 5) is 0.204. The summed E-state index contributed by atoms with van der Waals surface area (Å²) in [7, 11) is -1.75. The Kier molecular flexibility index (Phi) is 4.34. The van der Waals surface area contributed by atoms with E-state index in [1.165, 1.54) is 0 Å². The molecule has 0 fully saturated rings. The van der Waals surface area contributed by atoms with Crippen LogP contribution in [0.25, 0.3) is 0 Å². The van der Waals surface area contributed by atoms with Crippen molar-refractivity contribution in [1.29, 1.82) is 0 Å². The van der Waals surface area contributed by atoms with Gasteiger partial charge in [0.25, 0.3) is 10.0 Å². The van der Waals surface area contributed by atoms with Gasteiger partial charge in [-0.05, 0) is 45.5 Å². The summed E-state index contributed by atoms with van der Waals surface area (Å²) < 4.78 is 27.4. The third-order valence-electron chi connectivity index (χ3n) is 3.43. The highest BCUT2D eigenvalue weighted by molar-refractivity contribution is 7.92. The van der Waals surface area contributed by atoms with Crippen LogP contribution in [-0.2, 0) is 10.0 Å². The second-order valence-electron chi connectivity index (χ2n) is 5.00. The SMILES string of the molecule is CNC(C)c1ccc(NS(=O)(=O)c2c(C)n[nH]c2C)cc1. The van der Waals surface area contributed by atoms with Gasteiger partial charge in [-0.2, -0.15) is 5.10 Å². The predicted octanol–water partition coefficient (Wildman–Crippen LogP) is 2.11. The minimum atomic E-state index is -3.63. The summed E-state index contributed by atoms with van der Waals surface area (Å²) in [6.07, 6.45) is 0. The molecule has 6 nitrogen and oxygen atoms in total. The van der Waals surface area contributed by atoms with E-state index in [4.69, 9.17) is 0 Å². The molecule has 0 aliphatic rings. The number of sulfonamides is 1. The molecule has 21 heavy (non-hydrogen) atoms. The van der Waals surface area contributed by atoms with Crippen LogP contribution in [-0.4, -0.2) is 25.7 Å². The fourth-order valence-corrected chi connectivity index (χ4v) is 3.58. The fourth-order valence-electron chi connectivity index (χ4n) is 2.15. The summed E-state index contributed by atoms with van der Waals surface area (Å²) in [5, 5.41) is 9.74. The number of aromatic amines is 1. The first kappa shape index (κ1) is 15.5. The number of anilines is 1. The Morgan fingerprint density at radius 2 is 1.81 bits per heavy atom. The number of aromatic nitrogens is 2. The minimum Gasteiger partial charge on any atom is -0.313 e. The molecule has 1 unspecified atom stereocenters. The van der Waals surface area contributed by atoms with Crippen molar-refractivity contribution in [3.63, 3.8) is 0 Å². The number of nitrogens with one attached hydrogen (secondary N) is 3. The molecule has 1 aromatic carbocycles. The van der Waals surface area contributed by atoms with Crippen molar-refractivity contribution >= 4 is 15.7 Å². The molecular formula is C14H20N4O2S. The first-order valence-corrected chi connectivity index (χ1v) is 8.15. The van der Waals surface area contributed by atoms with Crippen molar-refractivity contribution in [2.24, 2.45) is 0 Å². The Hall–Kier alpha value is -1.86. The molecule has 3 N–H and O–H groups in total. The summed E-state index contributed by atoms with van der Waals surface area (Å²) in [6, 6.07) is 7.52. The van der Waals surface area contributed by atoms with Crippen molar-refractivity contribution in [3.05, 3.63) is 41.2 Å². The average molecular weight is 308 g/mol. The number of H-pyrrole nitrogens is 1. The van der Waals surface area contributed by atoms with Crippen LogP contribution in [0.2, 0.25) is 0 Å². The molecule has 0 radical (unpaired) electrons. The van der Waals surface area contributed by atoms with E-state index in [2.05, 4.69) is 20.2 Å². The van der Waals surface area contributed by atoms with Gasteiger partial charge in [0.15, 0.2) is 0 Å². The Bertz CT molecular complexity index is 700. The van der Waals surface area contributed by atoms with Crippen molar-refractivity contribution < 1.29 is 8.42 Å². The first-order chi connectivity index (χ1) is 9.85. The second kappa shape index (κ2) is 5.87. The highest BCUT2D eigenvalue weighted by Crippen LogP contribution is 2.22. The van der Waals surface area contributed by atoms with Crippen LogP contribution in [0.4, 0.5) is 5.69 Å². The quantitative estimate of drug-likeness (QED) is 0.789. The molecule has 7 heteroatoms. The van der Waals surface area contributed by atoms with Gasteiger partial charge in [0, 0.05) is 11.7 Å². The van der Waals surface area contributed by atoms with Gasteiger partial charge in [-0.25, -0.2) is 8.42 Å². The molecular weight excluding hydrogens is 288 g/mol. The number of nitrogens with zero attached hydrogens (tertiary/aromatic N) is 1. The standard InChI is InChI=1S/C14H20N4O2S/c1-9(15-4)12-5-7-13(8-6-12)18-21(19,20)14-10(2)16-17-11(14)3/h5-9,15,18H,1-4H3,(H,16,17). The average Bonchev–Trinajstić information content (AvgIpc) is 2.78. The smallest absolute Gasteiger partial charge is 0.265 e. The largest absolute Gasteiger partial charge is 0.313 e. The number of hydrogen-bond donors (Lipinski definition) is 3. The van der Waals surface area contributed by atoms with E-state index in [9.17, 15) is 8.42 Å². The molecule has 0 aliphatic carbocycles. The van der Waals surface area contributed by atoms with Gasteiger partial charge in [0.05, 0.1) is 11.4 Å². The Morgan fingerprint density at radius 3 is 2.29 bits per heavy atom. The lowest BCUT2D eigenvalue weighted by Crippen LogP contribution is -2.15. The van der Waals surface area contributed by atoms with Gasteiger partial charge < -0.3 is 5.32 Å².